The number of aryl methyl sites for hydroxylation is 1. The molecule has 38 valence electrons. The van der Waals surface area contributed by atoms with E-state index in [2.05, 4.69) is 31.2 Å². The molecule has 0 saturated heterocycles. The van der Waals surface area contributed by atoms with Crippen molar-refractivity contribution >= 4 is 28.9 Å². The van der Waals surface area contributed by atoms with Crippen LogP contribution in [0.2, 0.25) is 0 Å². The summed E-state index contributed by atoms with van der Waals surface area (Å²) in [5.41, 5.74) is 1.36. The van der Waals surface area contributed by atoms with Crippen molar-refractivity contribution in [2.45, 2.75) is 6.92 Å². The number of hydrogen-bond donors (Lipinski definition) is 0. The molecular formula is C7H7Tl. The van der Waals surface area contributed by atoms with Crippen molar-refractivity contribution in [2.24, 2.45) is 0 Å². The van der Waals surface area contributed by atoms with Gasteiger partial charge in [0.2, 0.25) is 0 Å². The van der Waals surface area contributed by atoms with Crippen LogP contribution < -0.4 is 3.12 Å². The molecule has 0 bridgehead atoms. The Morgan fingerprint density at radius 3 is 2.00 bits per heavy atom. The van der Waals surface area contributed by atoms with Gasteiger partial charge >= 0.3 is 65.6 Å². The second-order valence-corrected chi connectivity index (χ2v) is 4.50. The standard InChI is InChI=1S/C7H7.Tl/c1-7-5-3-2-4-6-7;/h3-6H,1H3;. The predicted octanol–water partition coefficient (Wildman–Crippen LogP) is 0.789. The summed E-state index contributed by atoms with van der Waals surface area (Å²) in [5.74, 6) is 0. The molecule has 0 N–H and O–H groups in total. The summed E-state index contributed by atoms with van der Waals surface area (Å²) >= 11 is 0.987. The first-order chi connectivity index (χ1) is 3.79. The first kappa shape index (κ1) is 6.26. The molecule has 1 heteroatoms. The fourth-order valence-electron chi connectivity index (χ4n) is 0.566. The van der Waals surface area contributed by atoms with Crippen molar-refractivity contribution in [2.75, 3.05) is 0 Å². The van der Waals surface area contributed by atoms with Crippen LogP contribution in [0.1, 0.15) is 5.56 Å². The molecule has 0 nitrogen and oxygen atoms in total. The zero-order valence-electron chi connectivity index (χ0n) is 4.89. The van der Waals surface area contributed by atoms with E-state index in [-0.39, 0.29) is 0 Å². The van der Waals surface area contributed by atoms with Crippen LogP contribution in [0.15, 0.2) is 24.3 Å². The van der Waals surface area contributed by atoms with Crippen molar-refractivity contribution in [3.8, 4) is 0 Å². The number of hydrogen-bond acceptors (Lipinski definition) is 0. The maximum atomic E-state index is 2.19. The fraction of sp³-hybridized carbons (Fsp3) is 0.143. The van der Waals surface area contributed by atoms with Gasteiger partial charge in [0.15, 0.2) is 0 Å². The maximum absolute atomic E-state index is 2.19. The first-order valence-corrected chi connectivity index (χ1v) is 4.85. The second kappa shape index (κ2) is 2.62. The van der Waals surface area contributed by atoms with Gasteiger partial charge in [0.1, 0.15) is 0 Å². The molecule has 0 aliphatic rings. The molecule has 0 aromatic heterocycles. The van der Waals surface area contributed by atoms with Crippen LogP contribution >= 0.6 is 0 Å². The average molecular weight is 296 g/mol. The molecule has 0 amide bonds. The Labute approximate surface area is 65.6 Å². The zero-order valence-corrected chi connectivity index (χ0v) is 9.38. The van der Waals surface area contributed by atoms with E-state index in [4.69, 9.17) is 0 Å². The molecule has 8 heavy (non-hydrogen) atoms. The fourth-order valence-corrected chi connectivity index (χ4v) is 1.31. The molecular weight excluding hydrogens is 288 g/mol. The second-order valence-electron chi connectivity index (χ2n) is 1.91. The topological polar surface area (TPSA) is 0 Å². The summed E-state index contributed by atoms with van der Waals surface area (Å²) in [4.78, 5) is 0. The molecule has 0 unspecified atom stereocenters. The molecule has 0 heterocycles. The Bertz CT molecular complexity index is 143. The summed E-state index contributed by atoms with van der Waals surface area (Å²) in [6.07, 6.45) is 0. The molecule has 0 radical (unpaired) electrons. The summed E-state index contributed by atoms with van der Waals surface area (Å²) in [6.45, 7) is 2.12. The summed E-state index contributed by atoms with van der Waals surface area (Å²) in [5, 5.41) is 0. The van der Waals surface area contributed by atoms with E-state index in [1.165, 1.54) is 8.69 Å². The molecule has 1 aromatic rings. The van der Waals surface area contributed by atoms with Crippen molar-refractivity contribution in [1.29, 1.82) is 0 Å². The van der Waals surface area contributed by atoms with E-state index >= 15 is 0 Å². The molecule has 1 rings (SSSR count). The van der Waals surface area contributed by atoms with Gasteiger partial charge in [-0.1, -0.05) is 0 Å². The van der Waals surface area contributed by atoms with Gasteiger partial charge in [-0.2, -0.15) is 0 Å². The summed E-state index contributed by atoms with van der Waals surface area (Å²) in [6, 6.07) is 8.71. The van der Waals surface area contributed by atoms with Crippen LogP contribution in [0, 0.1) is 6.92 Å². The first-order valence-electron chi connectivity index (χ1n) is 2.61. The molecule has 0 aliphatic heterocycles. The van der Waals surface area contributed by atoms with Crippen molar-refractivity contribution in [1.82, 2.24) is 0 Å². The molecule has 0 fully saturated rings. The molecule has 0 saturated carbocycles. The van der Waals surface area contributed by atoms with Gasteiger partial charge in [0, 0.05) is 0 Å². The zero-order chi connectivity index (χ0) is 5.98. The number of benzene rings is 1. The quantitative estimate of drug-likeness (QED) is 0.621. The third-order valence-corrected chi connectivity index (χ3v) is 2.57. The van der Waals surface area contributed by atoms with E-state index in [0.29, 0.717) is 0 Å². The minimum absolute atomic E-state index is 0.987. The molecule has 0 atom stereocenters. The predicted molar refractivity (Wildman–Crippen MR) is 36.6 cm³/mol. The van der Waals surface area contributed by atoms with E-state index < -0.39 is 0 Å². The minimum atomic E-state index is 0.987. The SMILES string of the molecule is Cc1cc[c]([Tl])cc1. The van der Waals surface area contributed by atoms with Gasteiger partial charge in [-0.3, -0.25) is 0 Å². The number of rotatable bonds is 0. The Hall–Kier alpha value is 0.142. The summed E-state index contributed by atoms with van der Waals surface area (Å²) < 4.78 is 1.50. The van der Waals surface area contributed by atoms with Crippen LogP contribution in [0.5, 0.6) is 0 Å². The Kier molecular flexibility index (Phi) is 2.05. The van der Waals surface area contributed by atoms with Gasteiger partial charge in [-0.25, -0.2) is 0 Å². The van der Waals surface area contributed by atoms with E-state index in [1.54, 1.807) is 0 Å². The van der Waals surface area contributed by atoms with Gasteiger partial charge in [-0.05, 0) is 0 Å². The van der Waals surface area contributed by atoms with Crippen LogP contribution in [-0.4, -0.2) is 25.8 Å². The van der Waals surface area contributed by atoms with Crippen molar-refractivity contribution < 1.29 is 0 Å². The molecule has 0 aliphatic carbocycles. The monoisotopic (exact) mass is 296 g/mol. The van der Waals surface area contributed by atoms with Crippen LogP contribution in [0.3, 0.4) is 0 Å². The van der Waals surface area contributed by atoms with Crippen molar-refractivity contribution in [3.63, 3.8) is 0 Å². The van der Waals surface area contributed by atoms with Crippen LogP contribution in [0.25, 0.3) is 0 Å². The Balaban J connectivity index is 3.03. The molecule has 1 aromatic carbocycles. The van der Waals surface area contributed by atoms with Gasteiger partial charge in [0.05, 0.1) is 0 Å². The van der Waals surface area contributed by atoms with Crippen LogP contribution in [0.4, 0.5) is 0 Å². The molecule has 0 spiro atoms. The average Bonchev–Trinajstić information content (AvgIpc) is 1.77. The van der Waals surface area contributed by atoms with Crippen LogP contribution in [-0.2, 0) is 0 Å². The summed E-state index contributed by atoms with van der Waals surface area (Å²) in [7, 11) is 0. The van der Waals surface area contributed by atoms with E-state index in [9.17, 15) is 0 Å². The van der Waals surface area contributed by atoms with Gasteiger partial charge < -0.3 is 0 Å². The third kappa shape index (κ3) is 1.58. The van der Waals surface area contributed by atoms with Crippen molar-refractivity contribution in [3.05, 3.63) is 29.8 Å². The van der Waals surface area contributed by atoms with Gasteiger partial charge in [0.25, 0.3) is 0 Å². The van der Waals surface area contributed by atoms with E-state index in [1.807, 2.05) is 0 Å². The Morgan fingerprint density at radius 1 is 1.12 bits per heavy atom. The van der Waals surface area contributed by atoms with E-state index in [0.717, 1.165) is 25.8 Å². The Morgan fingerprint density at radius 2 is 1.62 bits per heavy atom. The van der Waals surface area contributed by atoms with Gasteiger partial charge in [-0.15, -0.1) is 0 Å². The third-order valence-electron chi connectivity index (χ3n) is 1.08. The normalized spacial score (nSPS) is 9.00.